The Balaban J connectivity index is 1.89. The lowest BCUT2D eigenvalue weighted by Gasteiger charge is -2.37. The van der Waals surface area contributed by atoms with Crippen LogP contribution < -0.4 is 5.32 Å². The van der Waals surface area contributed by atoms with Gasteiger partial charge in [0.1, 0.15) is 0 Å². The average molecular weight is 294 g/mol. The number of hydrogen-bond donors (Lipinski definition) is 1. The summed E-state index contributed by atoms with van der Waals surface area (Å²) < 4.78 is 5.08. The molecule has 1 aliphatic rings. The molecule has 5 heteroatoms. The van der Waals surface area contributed by atoms with Gasteiger partial charge in [-0.1, -0.05) is 26.1 Å². The van der Waals surface area contributed by atoms with Gasteiger partial charge in [-0.3, -0.25) is 4.79 Å². The van der Waals surface area contributed by atoms with Gasteiger partial charge in [-0.2, -0.15) is 0 Å². The van der Waals surface area contributed by atoms with Crippen LogP contribution in [-0.4, -0.2) is 35.4 Å². The van der Waals surface area contributed by atoms with Crippen molar-refractivity contribution in [2.24, 2.45) is 5.41 Å². The summed E-state index contributed by atoms with van der Waals surface area (Å²) in [6, 6.07) is 3.36. The summed E-state index contributed by atoms with van der Waals surface area (Å²) in [4.78, 5) is 15.1. The van der Waals surface area contributed by atoms with Gasteiger partial charge in [0.2, 0.25) is 0 Å². The maximum atomic E-state index is 11.9. The first-order valence-corrected chi connectivity index (χ1v) is 7.52. The first-order chi connectivity index (χ1) is 9.50. The normalized spacial score (nSPS) is 16.0. The van der Waals surface area contributed by atoms with Crippen LogP contribution in [0.4, 0.5) is 0 Å². The third kappa shape index (κ3) is 3.60. The molecule has 4 nitrogen and oxygen atoms in total. The highest BCUT2D eigenvalue weighted by atomic mass is 32.1. The number of rotatable bonds is 4. The van der Waals surface area contributed by atoms with Gasteiger partial charge >= 0.3 is 0 Å². The van der Waals surface area contributed by atoms with Crippen LogP contribution in [0.2, 0.25) is 0 Å². The highest BCUT2D eigenvalue weighted by Gasteiger charge is 2.29. The molecule has 0 radical (unpaired) electrons. The zero-order valence-corrected chi connectivity index (χ0v) is 13.0. The van der Waals surface area contributed by atoms with E-state index in [-0.39, 0.29) is 11.3 Å². The molecule has 1 N–H and O–H groups in total. The molecule has 0 unspecified atom stereocenters. The second-order valence-corrected chi connectivity index (χ2v) is 6.28. The fourth-order valence-electron chi connectivity index (χ4n) is 2.40. The molecule has 1 aromatic rings. The van der Waals surface area contributed by atoms with E-state index in [0.29, 0.717) is 12.3 Å². The Bertz CT molecular complexity index is 462. The van der Waals surface area contributed by atoms with E-state index in [1.54, 1.807) is 12.1 Å². The number of carbonyl (C=O) groups excluding carboxylic acids is 1. The summed E-state index contributed by atoms with van der Waals surface area (Å²) in [7, 11) is 0. The summed E-state index contributed by atoms with van der Waals surface area (Å²) >= 11 is 5.61. The molecule has 2 heterocycles. The molecule has 1 aromatic heterocycles. The largest absolute Gasteiger partial charge is 0.459 e. The lowest BCUT2D eigenvalue weighted by Crippen LogP contribution is -2.47. The van der Waals surface area contributed by atoms with Crippen LogP contribution >= 0.6 is 12.2 Å². The Kier molecular flexibility index (Phi) is 4.81. The number of piperidine rings is 1. The molecule has 1 fully saturated rings. The predicted octanol–water partition coefficient (Wildman–Crippen LogP) is 2.85. The van der Waals surface area contributed by atoms with Crippen LogP contribution in [-0.2, 0) is 0 Å². The highest BCUT2D eigenvalue weighted by Crippen LogP contribution is 2.23. The molecule has 0 bridgehead atoms. The lowest BCUT2D eigenvalue weighted by atomic mass is 9.91. The lowest BCUT2D eigenvalue weighted by molar-refractivity contribution is 0.0916. The summed E-state index contributed by atoms with van der Waals surface area (Å²) in [6.45, 7) is 6.74. The van der Waals surface area contributed by atoms with Gasteiger partial charge in [0.15, 0.2) is 5.76 Å². The second kappa shape index (κ2) is 6.39. The number of nitrogens with zero attached hydrogens (tertiary/aromatic N) is 1. The molecule has 0 spiro atoms. The molecule has 20 heavy (non-hydrogen) atoms. The molecule has 0 aromatic carbocycles. The summed E-state index contributed by atoms with van der Waals surface area (Å²) in [5.74, 6) is 0.147. The van der Waals surface area contributed by atoms with Crippen molar-refractivity contribution in [1.82, 2.24) is 10.2 Å². The maximum Gasteiger partial charge on any atom is 0.287 e. The van der Waals surface area contributed by atoms with E-state index < -0.39 is 0 Å². The summed E-state index contributed by atoms with van der Waals surface area (Å²) in [5.41, 5.74) is -0.227. The third-order valence-electron chi connectivity index (χ3n) is 3.66. The zero-order valence-electron chi connectivity index (χ0n) is 12.1. The molecule has 110 valence electrons. The van der Waals surface area contributed by atoms with Crippen molar-refractivity contribution in [3.05, 3.63) is 24.2 Å². The van der Waals surface area contributed by atoms with Gasteiger partial charge in [-0.05, 0) is 31.4 Å². The van der Waals surface area contributed by atoms with Gasteiger partial charge in [-0.25, -0.2) is 0 Å². The topological polar surface area (TPSA) is 45.5 Å². The van der Waals surface area contributed by atoms with Crippen LogP contribution in [0.3, 0.4) is 0 Å². The number of carbonyl (C=O) groups is 1. The van der Waals surface area contributed by atoms with E-state index >= 15 is 0 Å². The Morgan fingerprint density at radius 1 is 1.40 bits per heavy atom. The zero-order chi connectivity index (χ0) is 14.6. The minimum absolute atomic E-state index is 0.190. The van der Waals surface area contributed by atoms with Crippen molar-refractivity contribution in [2.75, 3.05) is 19.6 Å². The van der Waals surface area contributed by atoms with Crippen molar-refractivity contribution in [3.63, 3.8) is 0 Å². The molecule has 0 atom stereocenters. The smallest absolute Gasteiger partial charge is 0.287 e. The predicted molar refractivity (Wildman–Crippen MR) is 82.8 cm³/mol. The first kappa shape index (κ1) is 15.0. The molecule has 2 rings (SSSR count). The van der Waals surface area contributed by atoms with E-state index in [4.69, 9.17) is 16.6 Å². The van der Waals surface area contributed by atoms with E-state index in [1.165, 1.54) is 25.5 Å². The minimum atomic E-state index is -0.227. The van der Waals surface area contributed by atoms with Crippen LogP contribution in [0, 0.1) is 5.41 Å². The number of amides is 1. The second-order valence-electron chi connectivity index (χ2n) is 5.90. The van der Waals surface area contributed by atoms with E-state index in [2.05, 4.69) is 24.1 Å². The standard InChI is InChI=1S/C15H22N2O2S/c1-15(2,14(20)17-8-4-3-5-9-17)11-16-13(18)12-7-6-10-19-12/h6-7,10H,3-5,8-9,11H2,1-2H3,(H,16,18). The van der Waals surface area contributed by atoms with Crippen LogP contribution in [0.15, 0.2) is 22.8 Å². The first-order valence-electron chi connectivity index (χ1n) is 7.12. The van der Waals surface area contributed by atoms with Gasteiger partial charge in [0.05, 0.1) is 11.3 Å². The van der Waals surface area contributed by atoms with Crippen LogP contribution in [0.1, 0.15) is 43.7 Å². The molecule has 1 aliphatic heterocycles. The molecule has 1 saturated heterocycles. The van der Waals surface area contributed by atoms with Crippen molar-refractivity contribution < 1.29 is 9.21 Å². The fourth-order valence-corrected chi connectivity index (χ4v) is 2.65. The number of likely N-dealkylation sites (tertiary alicyclic amines) is 1. The highest BCUT2D eigenvalue weighted by molar-refractivity contribution is 7.80. The van der Waals surface area contributed by atoms with Crippen molar-refractivity contribution in [3.8, 4) is 0 Å². The molecule has 0 saturated carbocycles. The fraction of sp³-hybridized carbons (Fsp3) is 0.600. The summed E-state index contributed by atoms with van der Waals surface area (Å²) in [5, 5.41) is 2.90. The van der Waals surface area contributed by atoms with Crippen molar-refractivity contribution >= 4 is 23.1 Å². The Morgan fingerprint density at radius 2 is 2.10 bits per heavy atom. The SMILES string of the molecule is CC(C)(CNC(=O)c1ccco1)C(=S)N1CCCCC1. The quantitative estimate of drug-likeness (QED) is 0.867. The summed E-state index contributed by atoms with van der Waals surface area (Å²) in [6.07, 6.45) is 5.19. The molecule has 1 amide bonds. The monoisotopic (exact) mass is 294 g/mol. The van der Waals surface area contributed by atoms with Crippen LogP contribution in [0.25, 0.3) is 0 Å². The molecular weight excluding hydrogens is 272 g/mol. The van der Waals surface area contributed by atoms with E-state index in [9.17, 15) is 4.79 Å². The Labute approximate surface area is 125 Å². The van der Waals surface area contributed by atoms with Gasteiger partial charge < -0.3 is 14.6 Å². The van der Waals surface area contributed by atoms with Crippen molar-refractivity contribution in [1.29, 1.82) is 0 Å². The van der Waals surface area contributed by atoms with Gasteiger partial charge in [-0.15, -0.1) is 0 Å². The maximum absolute atomic E-state index is 11.9. The average Bonchev–Trinajstić information content (AvgIpc) is 2.99. The van der Waals surface area contributed by atoms with E-state index in [0.717, 1.165) is 18.1 Å². The Hall–Kier alpha value is -1.36. The van der Waals surface area contributed by atoms with E-state index in [1.807, 2.05) is 0 Å². The molecule has 0 aliphatic carbocycles. The van der Waals surface area contributed by atoms with Gasteiger partial charge in [0, 0.05) is 25.0 Å². The third-order valence-corrected chi connectivity index (χ3v) is 4.47. The van der Waals surface area contributed by atoms with Gasteiger partial charge in [0.25, 0.3) is 5.91 Å². The number of furan rings is 1. The number of nitrogens with one attached hydrogen (secondary N) is 1. The Morgan fingerprint density at radius 3 is 2.70 bits per heavy atom. The number of hydrogen-bond acceptors (Lipinski definition) is 3. The molecular formula is C15H22N2O2S. The number of thiocarbonyl (C=S) groups is 1. The van der Waals surface area contributed by atoms with Crippen molar-refractivity contribution in [2.45, 2.75) is 33.1 Å². The minimum Gasteiger partial charge on any atom is -0.459 e. The van der Waals surface area contributed by atoms with Crippen LogP contribution in [0.5, 0.6) is 0 Å².